The Morgan fingerprint density at radius 1 is 1.38 bits per heavy atom. The monoisotopic (exact) mass is 223 g/mol. The summed E-state index contributed by atoms with van der Waals surface area (Å²) >= 11 is 0. The summed E-state index contributed by atoms with van der Waals surface area (Å²) in [5.74, 6) is 0.649. The number of rotatable bonds is 5. The third-order valence-electron chi connectivity index (χ3n) is 1.98. The second kappa shape index (κ2) is 6.12. The third-order valence-corrected chi connectivity index (χ3v) is 1.98. The number of nitrogens with zero attached hydrogens (tertiary/aromatic N) is 1. The number of benzene rings is 1. The van der Waals surface area contributed by atoms with Gasteiger partial charge in [-0.1, -0.05) is 23.4 Å². The van der Waals surface area contributed by atoms with Gasteiger partial charge in [0.1, 0.15) is 18.5 Å². The third kappa shape index (κ3) is 3.55. The minimum Gasteiger partial charge on any atom is -0.496 e. The van der Waals surface area contributed by atoms with E-state index in [0.717, 1.165) is 5.71 Å². The van der Waals surface area contributed by atoms with Crippen LogP contribution in [0.1, 0.15) is 25.5 Å². The summed E-state index contributed by atoms with van der Waals surface area (Å²) in [6.45, 7) is 3.77. The Bertz CT molecular complexity index is 359. The molecule has 0 fully saturated rings. The van der Waals surface area contributed by atoms with E-state index in [1.165, 1.54) is 0 Å². The van der Waals surface area contributed by atoms with Gasteiger partial charge in [0.05, 0.1) is 12.8 Å². The van der Waals surface area contributed by atoms with Crippen LogP contribution < -0.4 is 4.74 Å². The molecule has 4 nitrogen and oxygen atoms in total. The number of para-hydroxylation sites is 1. The van der Waals surface area contributed by atoms with Crippen LogP contribution in [-0.2, 0) is 4.84 Å². The second-order valence-electron chi connectivity index (χ2n) is 3.59. The van der Waals surface area contributed by atoms with Crippen LogP contribution in [0.25, 0.3) is 0 Å². The quantitative estimate of drug-likeness (QED) is 0.614. The molecule has 88 valence electrons. The molecule has 1 unspecified atom stereocenters. The Hall–Kier alpha value is -1.55. The first kappa shape index (κ1) is 12.5. The number of hydrogen-bond acceptors (Lipinski definition) is 4. The molecule has 0 heterocycles. The molecular formula is C12H17NO3. The lowest BCUT2D eigenvalue weighted by molar-refractivity contribution is 0.0380. The lowest BCUT2D eigenvalue weighted by Crippen LogP contribution is -2.07. The zero-order valence-corrected chi connectivity index (χ0v) is 9.80. The first-order valence-corrected chi connectivity index (χ1v) is 5.09. The molecule has 0 aromatic heterocycles. The molecule has 1 aromatic carbocycles. The number of aliphatic hydroxyl groups excluding tert-OH is 1. The van der Waals surface area contributed by atoms with Gasteiger partial charge in [-0.3, -0.25) is 0 Å². The molecule has 0 aliphatic carbocycles. The van der Waals surface area contributed by atoms with Crippen LogP contribution in [0.5, 0.6) is 5.75 Å². The van der Waals surface area contributed by atoms with Crippen LogP contribution in [0, 0.1) is 0 Å². The Morgan fingerprint density at radius 3 is 2.69 bits per heavy atom. The van der Waals surface area contributed by atoms with Gasteiger partial charge in [0, 0.05) is 5.56 Å². The predicted molar refractivity (Wildman–Crippen MR) is 62.7 cm³/mol. The molecule has 0 saturated heterocycles. The Morgan fingerprint density at radius 2 is 2.06 bits per heavy atom. The van der Waals surface area contributed by atoms with E-state index >= 15 is 0 Å². The van der Waals surface area contributed by atoms with E-state index in [0.29, 0.717) is 11.3 Å². The van der Waals surface area contributed by atoms with E-state index in [1.807, 2.05) is 26.0 Å². The summed E-state index contributed by atoms with van der Waals surface area (Å²) in [5.41, 5.74) is 1.51. The number of methoxy groups -OCH3 is 1. The average molecular weight is 223 g/mol. The van der Waals surface area contributed by atoms with E-state index < -0.39 is 6.10 Å². The van der Waals surface area contributed by atoms with Crippen LogP contribution in [0.4, 0.5) is 0 Å². The highest BCUT2D eigenvalue weighted by molar-refractivity contribution is 5.78. The highest BCUT2D eigenvalue weighted by atomic mass is 16.6. The summed E-state index contributed by atoms with van der Waals surface area (Å²) in [5, 5.41) is 13.6. The first-order chi connectivity index (χ1) is 7.65. The van der Waals surface area contributed by atoms with Crippen molar-refractivity contribution in [2.75, 3.05) is 13.7 Å². The van der Waals surface area contributed by atoms with Gasteiger partial charge in [0.2, 0.25) is 0 Å². The molecule has 1 rings (SSSR count). The fourth-order valence-electron chi connectivity index (χ4n) is 1.27. The van der Waals surface area contributed by atoms with Gasteiger partial charge in [0.25, 0.3) is 0 Å². The van der Waals surface area contributed by atoms with Crippen molar-refractivity contribution in [1.82, 2.24) is 0 Å². The van der Waals surface area contributed by atoms with E-state index in [4.69, 9.17) is 9.57 Å². The molecule has 4 heteroatoms. The normalized spacial score (nSPS) is 11.8. The van der Waals surface area contributed by atoms with Gasteiger partial charge in [0.15, 0.2) is 0 Å². The number of oxime groups is 1. The van der Waals surface area contributed by atoms with Crippen molar-refractivity contribution in [3.05, 3.63) is 29.8 Å². The molecule has 0 saturated carbocycles. The lowest BCUT2D eigenvalue weighted by Gasteiger charge is -2.13. The van der Waals surface area contributed by atoms with E-state index in [9.17, 15) is 5.11 Å². The van der Waals surface area contributed by atoms with Gasteiger partial charge < -0.3 is 14.7 Å². The van der Waals surface area contributed by atoms with Crippen molar-refractivity contribution in [2.24, 2.45) is 5.16 Å². The fourth-order valence-corrected chi connectivity index (χ4v) is 1.27. The molecule has 1 N–H and O–H groups in total. The van der Waals surface area contributed by atoms with Crippen molar-refractivity contribution in [1.29, 1.82) is 0 Å². The second-order valence-corrected chi connectivity index (χ2v) is 3.59. The average Bonchev–Trinajstić information content (AvgIpc) is 2.28. The molecule has 0 radical (unpaired) electrons. The minimum absolute atomic E-state index is 0.117. The molecule has 0 amide bonds. The van der Waals surface area contributed by atoms with Crippen LogP contribution in [-0.4, -0.2) is 24.5 Å². The van der Waals surface area contributed by atoms with E-state index in [1.54, 1.807) is 19.2 Å². The fraction of sp³-hybridized carbons (Fsp3) is 0.417. The molecule has 0 aliphatic heterocycles. The smallest absolute Gasteiger partial charge is 0.147 e. The van der Waals surface area contributed by atoms with Crippen molar-refractivity contribution in [3.63, 3.8) is 0 Å². The van der Waals surface area contributed by atoms with Crippen LogP contribution in [0.2, 0.25) is 0 Å². The standard InChI is InChI=1S/C12H17NO3/c1-9(2)13-16-8-11(14)10-6-4-5-7-12(10)15-3/h4-7,11,14H,8H2,1-3H3. The van der Waals surface area contributed by atoms with Crippen molar-refractivity contribution in [2.45, 2.75) is 20.0 Å². The topological polar surface area (TPSA) is 51.0 Å². The zero-order chi connectivity index (χ0) is 12.0. The Balaban J connectivity index is 2.65. The van der Waals surface area contributed by atoms with E-state index in [-0.39, 0.29) is 6.61 Å². The first-order valence-electron chi connectivity index (χ1n) is 5.09. The summed E-state index contributed by atoms with van der Waals surface area (Å²) < 4.78 is 5.14. The van der Waals surface area contributed by atoms with Crippen molar-refractivity contribution in [3.8, 4) is 5.75 Å². The molecule has 0 spiro atoms. The lowest BCUT2D eigenvalue weighted by atomic mass is 10.1. The van der Waals surface area contributed by atoms with Gasteiger partial charge in [-0.25, -0.2) is 0 Å². The zero-order valence-electron chi connectivity index (χ0n) is 9.80. The maximum absolute atomic E-state index is 9.87. The maximum Gasteiger partial charge on any atom is 0.147 e. The Labute approximate surface area is 95.5 Å². The summed E-state index contributed by atoms with van der Waals surface area (Å²) in [7, 11) is 1.57. The molecular weight excluding hydrogens is 206 g/mol. The molecule has 1 atom stereocenters. The molecule has 1 aromatic rings. The van der Waals surface area contributed by atoms with Gasteiger partial charge in [-0.15, -0.1) is 0 Å². The van der Waals surface area contributed by atoms with Crippen LogP contribution in [0.3, 0.4) is 0 Å². The largest absolute Gasteiger partial charge is 0.496 e. The van der Waals surface area contributed by atoms with Crippen LogP contribution >= 0.6 is 0 Å². The summed E-state index contributed by atoms with van der Waals surface area (Å²) in [6.07, 6.45) is -0.737. The summed E-state index contributed by atoms with van der Waals surface area (Å²) in [6, 6.07) is 7.29. The summed E-state index contributed by atoms with van der Waals surface area (Å²) in [4.78, 5) is 4.99. The predicted octanol–water partition coefficient (Wildman–Crippen LogP) is 2.14. The molecule has 0 aliphatic rings. The highest BCUT2D eigenvalue weighted by Crippen LogP contribution is 2.24. The maximum atomic E-state index is 9.87. The van der Waals surface area contributed by atoms with Crippen LogP contribution in [0.15, 0.2) is 29.4 Å². The van der Waals surface area contributed by atoms with E-state index in [2.05, 4.69) is 5.16 Å². The van der Waals surface area contributed by atoms with Gasteiger partial charge >= 0.3 is 0 Å². The van der Waals surface area contributed by atoms with Gasteiger partial charge in [-0.2, -0.15) is 0 Å². The number of hydrogen-bond donors (Lipinski definition) is 1. The minimum atomic E-state index is -0.737. The van der Waals surface area contributed by atoms with Gasteiger partial charge in [-0.05, 0) is 19.9 Å². The van der Waals surface area contributed by atoms with Crippen molar-refractivity contribution >= 4 is 5.71 Å². The molecule has 16 heavy (non-hydrogen) atoms. The molecule has 0 bridgehead atoms. The highest BCUT2D eigenvalue weighted by Gasteiger charge is 2.12. The number of ether oxygens (including phenoxy) is 1. The number of aliphatic hydroxyl groups is 1. The Kier molecular flexibility index (Phi) is 4.79. The van der Waals surface area contributed by atoms with Crippen molar-refractivity contribution < 1.29 is 14.7 Å². The SMILES string of the molecule is COc1ccccc1C(O)CON=C(C)C.